The summed E-state index contributed by atoms with van der Waals surface area (Å²) in [6.45, 7) is 2.21. The zero-order valence-corrected chi connectivity index (χ0v) is 15.7. The topological polar surface area (TPSA) is 41.0 Å². The Hall–Kier alpha value is -3.05. The van der Waals surface area contributed by atoms with Crippen LogP contribution in [0, 0.1) is 0 Å². The summed E-state index contributed by atoms with van der Waals surface area (Å²) in [5.41, 5.74) is 4.43. The second-order valence-corrected chi connectivity index (χ2v) is 7.29. The second kappa shape index (κ2) is 6.28. The van der Waals surface area contributed by atoms with Crippen molar-refractivity contribution in [2.45, 2.75) is 19.4 Å². The van der Waals surface area contributed by atoms with Gasteiger partial charge in [0.2, 0.25) is 0 Å². The molecule has 0 radical (unpaired) electrons. The molecule has 0 saturated heterocycles. The number of anilines is 2. The Kier molecular flexibility index (Phi) is 3.76. The Morgan fingerprint density at radius 2 is 2.00 bits per heavy atom. The third-order valence-corrected chi connectivity index (χ3v) is 5.47. The first kappa shape index (κ1) is 16.1. The minimum absolute atomic E-state index is 0.330. The van der Waals surface area contributed by atoms with Gasteiger partial charge in [-0.1, -0.05) is 18.2 Å². The molecule has 3 heterocycles. The normalized spacial score (nSPS) is 15.9. The van der Waals surface area contributed by atoms with Crippen molar-refractivity contribution >= 4 is 50.4 Å². The van der Waals surface area contributed by atoms with Crippen molar-refractivity contribution in [1.29, 1.82) is 0 Å². The summed E-state index contributed by atoms with van der Waals surface area (Å²) in [4.78, 5) is 11.1. The van der Waals surface area contributed by atoms with E-state index >= 15 is 0 Å². The van der Waals surface area contributed by atoms with Gasteiger partial charge in [-0.05, 0) is 66.8 Å². The van der Waals surface area contributed by atoms with Gasteiger partial charge < -0.3 is 10.2 Å². The smallest absolute Gasteiger partial charge is 0.178 e. The Morgan fingerprint density at radius 3 is 2.93 bits per heavy atom. The van der Waals surface area contributed by atoms with Gasteiger partial charge in [0.05, 0.1) is 11.2 Å². The monoisotopic (exact) mass is 370 g/mol. The third kappa shape index (κ3) is 2.62. The van der Waals surface area contributed by atoms with E-state index in [1.54, 1.807) is 6.20 Å². The van der Waals surface area contributed by atoms with E-state index in [9.17, 15) is 0 Å². The molecule has 0 fully saturated rings. The average Bonchev–Trinajstić information content (AvgIpc) is 3.04. The van der Waals surface area contributed by atoms with Gasteiger partial charge in [0.25, 0.3) is 0 Å². The average molecular weight is 370 g/mol. The maximum Gasteiger partial charge on any atom is 0.178 e. The number of nitrogens with one attached hydrogen (secondary N) is 1. The van der Waals surface area contributed by atoms with E-state index in [-0.39, 0.29) is 0 Å². The summed E-state index contributed by atoms with van der Waals surface area (Å²) in [6, 6.07) is 16.9. The van der Waals surface area contributed by atoms with Crippen LogP contribution in [0.1, 0.15) is 12.5 Å². The van der Waals surface area contributed by atoms with Crippen LogP contribution in [0.25, 0.3) is 21.7 Å². The molecule has 4 nitrogen and oxygen atoms in total. The third-order valence-electron chi connectivity index (χ3n) is 5.18. The number of aromatic nitrogens is 2. The molecule has 0 amide bonds. The van der Waals surface area contributed by atoms with Crippen LogP contribution in [-0.2, 0) is 6.42 Å². The van der Waals surface area contributed by atoms with E-state index in [1.165, 1.54) is 11.3 Å². The highest BCUT2D eigenvalue weighted by atomic mass is 32.1. The number of hydrogen-bond acceptors (Lipinski definition) is 3. The summed E-state index contributed by atoms with van der Waals surface area (Å²) < 4.78 is 0. The molecular formula is C22H18N4S. The van der Waals surface area contributed by atoms with E-state index in [2.05, 4.69) is 63.5 Å². The summed E-state index contributed by atoms with van der Waals surface area (Å²) in [6.07, 6.45) is 6.49. The Bertz CT molecular complexity index is 1190. The van der Waals surface area contributed by atoms with E-state index in [0.29, 0.717) is 11.2 Å². The van der Waals surface area contributed by atoms with E-state index in [4.69, 9.17) is 12.2 Å². The summed E-state index contributed by atoms with van der Waals surface area (Å²) in [5.74, 6) is 0. The highest BCUT2D eigenvalue weighted by Crippen LogP contribution is 2.34. The Morgan fingerprint density at radius 1 is 1.11 bits per heavy atom. The van der Waals surface area contributed by atoms with Crippen LogP contribution in [0.3, 0.4) is 0 Å². The van der Waals surface area contributed by atoms with Crippen LogP contribution < -0.4 is 10.2 Å². The molecule has 2 aromatic carbocycles. The summed E-state index contributed by atoms with van der Waals surface area (Å²) >= 11 is 5.82. The quantitative estimate of drug-likeness (QED) is 0.380. The molecule has 4 aromatic rings. The lowest BCUT2D eigenvalue weighted by atomic mass is 10.1. The molecule has 0 unspecified atom stereocenters. The number of pyridine rings is 2. The van der Waals surface area contributed by atoms with Crippen LogP contribution in [0.15, 0.2) is 67.1 Å². The van der Waals surface area contributed by atoms with Crippen LogP contribution in [-0.4, -0.2) is 21.1 Å². The van der Waals surface area contributed by atoms with E-state index in [1.807, 2.05) is 24.5 Å². The van der Waals surface area contributed by atoms with Crippen LogP contribution >= 0.6 is 12.2 Å². The molecule has 1 aliphatic heterocycles. The van der Waals surface area contributed by atoms with Gasteiger partial charge >= 0.3 is 0 Å². The van der Waals surface area contributed by atoms with Gasteiger partial charge in [0.15, 0.2) is 5.11 Å². The van der Waals surface area contributed by atoms with Crippen LogP contribution in [0.2, 0.25) is 0 Å². The van der Waals surface area contributed by atoms with Crippen molar-refractivity contribution in [3.63, 3.8) is 0 Å². The van der Waals surface area contributed by atoms with Gasteiger partial charge in [0.1, 0.15) is 0 Å². The first-order chi connectivity index (χ1) is 13.2. The summed E-state index contributed by atoms with van der Waals surface area (Å²) in [5, 5.41) is 7.38. The molecule has 132 valence electrons. The molecular weight excluding hydrogens is 352 g/mol. The fourth-order valence-corrected chi connectivity index (χ4v) is 4.34. The lowest BCUT2D eigenvalue weighted by Gasteiger charge is -2.26. The van der Waals surface area contributed by atoms with Crippen molar-refractivity contribution < 1.29 is 0 Å². The predicted octanol–water partition coefficient (Wildman–Crippen LogP) is 4.93. The largest absolute Gasteiger partial charge is 0.332 e. The number of benzene rings is 2. The maximum atomic E-state index is 5.82. The molecule has 1 aliphatic rings. The standard InChI is InChI=1S/C22H18N4S/c1-14-11-16-5-2-3-7-20(16)26(14)22(27)25-19-12-15-8-10-23-13-18(15)21-17(19)6-4-9-24-21/h2-10,12-14H,11H2,1H3,(H,25,27)/t14-/m1/s1. The minimum atomic E-state index is 0.330. The van der Waals surface area contributed by atoms with Gasteiger partial charge in [-0.2, -0.15) is 0 Å². The molecule has 1 atom stereocenters. The predicted molar refractivity (Wildman–Crippen MR) is 115 cm³/mol. The van der Waals surface area contributed by atoms with Gasteiger partial charge in [-0.25, -0.2) is 0 Å². The first-order valence-corrected chi connectivity index (χ1v) is 9.43. The van der Waals surface area contributed by atoms with Crippen molar-refractivity contribution in [2.75, 3.05) is 10.2 Å². The highest BCUT2D eigenvalue weighted by Gasteiger charge is 2.28. The van der Waals surface area contributed by atoms with Gasteiger partial charge in [-0.15, -0.1) is 0 Å². The Balaban J connectivity index is 1.59. The molecule has 27 heavy (non-hydrogen) atoms. The lowest BCUT2D eigenvalue weighted by Crippen LogP contribution is -2.38. The van der Waals surface area contributed by atoms with E-state index < -0.39 is 0 Å². The zero-order valence-electron chi connectivity index (χ0n) is 14.9. The SMILES string of the molecule is C[C@@H]1Cc2ccccc2N1C(=S)Nc1cc2ccncc2c2ncccc12. The van der Waals surface area contributed by atoms with Crippen molar-refractivity contribution in [3.8, 4) is 0 Å². The number of fused-ring (bicyclic) bond motifs is 4. The molecule has 2 aromatic heterocycles. The maximum absolute atomic E-state index is 5.82. The number of hydrogen-bond donors (Lipinski definition) is 1. The Labute approximate surface area is 162 Å². The number of rotatable bonds is 1. The van der Waals surface area contributed by atoms with Crippen molar-refractivity contribution in [1.82, 2.24) is 9.97 Å². The van der Waals surface area contributed by atoms with Crippen LogP contribution in [0.5, 0.6) is 0 Å². The summed E-state index contributed by atoms with van der Waals surface area (Å²) in [7, 11) is 0. The van der Waals surface area contributed by atoms with Gasteiger partial charge in [-0.3, -0.25) is 9.97 Å². The number of thiocarbonyl (C=S) groups is 1. The number of para-hydroxylation sites is 1. The molecule has 0 saturated carbocycles. The molecule has 5 heteroatoms. The second-order valence-electron chi connectivity index (χ2n) is 6.90. The lowest BCUT2D eigenvalue weighted by molar-refractivity contribution is 0.776. The molecule has 1 N–H and O–H groups in total. The fourth-order valence-electron chi connectivity index (χ4n) is 3.95. The minimum Gasteiger partial charge on any atom is -0.332 e. The highest BCUT2D eigenvalue weighted by molar-refractivity contribution is 7.80. The molecule has 0 aliphatic carbocycles. The van der Waals surface area contributed by atoms with Crippen molar-refractivity contribution in [2.24, 2.45) is 0 Å². The molecule has 0 bridgehead atoms. The van der Waals surface area contributed by atoms with E-state index in [0.717, 1.165) is 33.8 Å². The molecule has 0 spiro atoms. The first-order valence-electron chi connectivity index (χ1n) is 9.02. The number of nitrogens with zero attached hydrogens (tertiary/aromatic N) is 3. The van der Waals surface area contributed by atoms with Gasteiger partial charge in [0, 0.05) is 41.1 Å². The molecule has 5 rings (SSSR count). The van der Waals surface area contributed by atoms with Crippen LogP contribution in [0.4, 0.5) is 11.4 Å². The van der Waals surface area contributed by atoms with Crippen molar-refractivity contribution in [3.05, 3.63) is 72.7 Å². The zero-order chi connectivity index (χ0) is 18.4. The fraction of sp³-hybridized carbons (Fsp3) is 0.136.